The molecule has 0 heterocycles. The van der Waals surface area contributed by atoms with Gasteiger partial charge >= 0.3 is 5.97 Å². The van der Waals surface area contributed by atoms with Crippen molar-refractivity contribution in [2.24, 2.45) is 0 Å². The molecule has 86 valence electrons. The van der Waals surface area contributed by atoms with Crippen molar-refractivity contribution in [2.45, 2.75) is 6.92 Å². The number of halogens is 2. The molecular weight excluding hydrogens is 346 g/mol. The maximum atomic E-state index is 11.5. The largest absolute Gasteiger partial charge is 0.506 e. The molecule has 16 heavy (non-hydrogen) atoms. The molecule has 1 aromatic carbocycles. The summed E-state index contributed by atoms with van der Waals surface area (Å²) in [6.07, 6.45) is 0. The van der Waals surface area contributed by atoms with Crippen LogP contribution in [0.15, 0.2) is 21.1 Å². The van der Waals surface area contributed by atoms with Crippen LogP contribution in [0.5, 0.6) is 5.75 Å². The van der Waals surface area contributed by atoms with Crippen LogP contribution in [0.2, 0.25) is 0 Å². The lowest BCUT2D eigenvalue weighted by Crippen LogP contribution is -2.25. The monoisotopic (exact) mass is 351 g/mol. The minimum Gasteiger partial charge on any atom is -0.506 e. The number of carbonyl (C=O) groups excluding carboxylic acids is 2. The number of phenolic OH excluding ortho intramolecular Hbond substituents is 1. The van der Waals surface area contributed by atoms with E-state index < -0.39 is 11.9 Å². The van der Waals surface area contributed by atoms with Gasteiger partial charge in [-0.15, -0.1) is 0 Å². The van der Waals surface area contributed by atoms with Crippen molar-refractivity contribution in [3.8, 4) is 5.75 Å². The van der Waals surface area contributed by atoms with Crippen molar-refractivity contribution in [3.05, 3.63) is 26.6 Å². The van der Waals surface area contributed by atoms with Gasteiger partial charge in [-0.05, 0) is 44.0 Å². The van der Waals surface area contributed by atoms with E-state index in [2.05, 4.69) is 36.7 Å². The zero-order valence-corrected chi connectivity index (χ0v) is 11.3. The molecule has 0 fully saturated rings. The Morgan fingerprint density at radius 3 is 2.25 bits per heavy atom. The van der Waals surface area contributed by atoms with Gasteiger partial charge in [-0.25, -0.2) is 0 Å². The summed E-state index contributed by atoms with van der Waals surface area (Å²) in [5, 5.41) is 9.42. The lowest BCUT2D eigenvalue weighted by Gasteiger charge is -2.06. The maximum Gasteiger partial charge on any atom is 0.329 e. The molecule has 0 saturated carbocycles. The number of nitrogens with one attached hydrogen (secondary N) is 1. The number of rotatable bonds is 1. The van der Waals surface area contributed by atoms with Gasteiger partial charge in [0.05, 0.1) is 8.95 Å². The summed E-state index contributed by atoms with van der Waals surface area (Å²) in [7, 11) is 0. The highest BCUT2D eigenvalue weighted by Gasteiger charge is 2.12. The molecule has 0 aliphatic rings. The van der Waals surface area contributed by atoms with Gasteiger partial charge in [-0.1, -0.05) is 0 Å². The number of carbonyl (C=O) groups is 2. The van der Waals surface area contributed by atoms with Gasteiger partial charge in [0.2, 0.25) is 0 Å². The lowest BCUT2D eigenvalue weighted by atomic mass is 10.2. The Labute approximate surface area is 108 Å². The van der Waals surface area contributed by atoms with Crippen LogP contribution < -0.4 is 5.48 Å². The smallest absolute Gasteiger partial charge is 0.329 e. The zero-order chi connectivity index (χ0) is 12.3. The Morgan fingerprint density at radius 2 is 1.81 bits per heavy atom. The molecular formula is C9H7Br2NO4. The number of phenols is 1. The average Bonchev–Trinajstić information content (AvgIpc) is 2.21. The minimum atomic E-state index is -0.620. The Balaban J connectivity index is 2.88. The molecule has 0 spiro atoms. The molecule has 1 aromatic rings. The number of aromatic hydroxyl groups is 1. The number of hydrogen-bond acceptors (Lipinski definition) is 4. The van der Waals surface area contributed by atoms with Gasteiger partial charge in [0.1, 0.15) is 5.75 Å². The Kier molecular flexibility index (Phi) is 4.31. The van der Waals surface area contributed by atoms with E-state index in [9.17, 15) is 14.7 Å². The van der Waals surface area contributed by atoms with Crippen LogP contribution >= 0.6 is 31.9 Å². The van der Waals surface area contributed by atoms with Gasteiger partial charge in [0, 0.05) is 12.5 Å². The summed E-state index contributed by atoms with van der Waals surface area (Å²) in [6.45, 7) is 1.17. The first-order chi connectivity index (χ1) is 7.41. The molecule has 0 aliphatic heterocycles. The van der Waals surface area contributed by atoms with Crippen LogP contribution in [0, 0.1) is 0 Å². The SMILES string of the molecule is CC(=O)ONC(=O)c1cc(Br)c(O)c(Br)c1. The Morgan fingerprint density at radius 1 is 1.31 bits per heavy atom. The maximum absolute atomic E-state index is 11.5. The minimum absolute atomic E-state index is 0.0102. The molecule has 5 nitrogen and oxygen atoms in total. The summed E-state index contributed by atoms with van der Waals surface area (Å²) < 4.78 is 0.713. The predicted molar refractivity (Wildman–Crippen MR) is 62.7 cm³/mol. The highest BCUT2D eigenvalue weighted by molar-refractivity contribution is 9.11. The predicted octanol–water partition coefficient (Wildman–Crippen LogP) is 2.13. The van der Waals surface area contributed by atoms with Crippen molar-refractivity contribution in [1.29, 1.82) is 0 Å². The zero-order valence-electron chi connectivity index (χ0n) is 8.08. The summed E-state index contributed by atoms with van der Waals surface area (Å²) in [5.74, 6) is -1.22. The molecule has 2 N–H and O–H groups in total. The van der Waals surface area contributed by atoms with Crippen molar-refractivity contribution in [2.75, 3.05) is 0 Å². The summed E-state index contributed by atoms with van der Waals surface area (Å²) in [4.78, 5) is 26.3. The molecule has 0 aromatic heterocycles. The van der Waals surface area contributed by atoms with E-state index in [4.69, 9.17) is 0 Å². The molecule has 0 saturated heterocycles. The molecule has 0 bridgehead atoms. The molecule has 1 amide bonds. The Hall–Kier alpha value is -1.08. The van der Waals surface area contributed by atoms with E-state index in [0.717, 1.165) is 0 Å². The molecule has 0 unspecified atom stereocenters. The average molecular weight is 353 g/mol. The fourth-order valence-corrected chi connectivity index (χ4v) is 2.06. The molecule has 0 aliphatic carbocycles. The van der Waals surface area contributed by atoms with Crippen LogP contribution in [0.25, 0.3) is 0 Å². The van der Waals surface area contributed by atoms with Gasteiger partial charge in [-0.3, -0.25) is 9.59 Å². The van der Waals surface area contributed by atoms with E-state index in [0.29, 0.717) is 8.95 Å². The normalized spacial score (nSPS) is 9.69. The van der Waals surface area contributed by atoms with Crippen LogP contribution in [0.1, 0.15) is 17.3 Å². The highest BCUT2D eigenvalue weighted by atomic mass is 79.9. The third-order valence-electron chi connectivity index (χ3n) is 1.57. The number of amides is 1. The summed E-state index contributed by atoms with van der Waals surface area (Å²) in [6, 6.07) is 2.80. The van der Waals surface area contributed by atoms with Crippen LogP contribution in [0.3, 0.4) is 0 Å². The van der Waals surface area contributed by atoms with Crippen LogP contribution in [-0.4, -0.2) is 17.0 Å². The van der Waals surface area contributed by atoms with Crippen molar-refractivity contribution in [3.63, 3.8) is 0 Å². The van der Waals surface area contributed by atoms with Gasteiger partial charge in [0.15, 0.2) is 0 Å². The van der Waals surface area contributed by atoms with Gasteiger partial charge in [0.25, 0.3) is 5.91 Å². The molecule has 0 atom stereocenters. The second-order valence-corrected chi connectivity index (χ2v) is 4.52. The molecule has 1 rings (SSSR count). The fourth-order valence-electron chi connectivity index (χ4n) is 0.874. The van der Waals surface area contributed by atoms with E-state index in [1.807, 2.05) is 5.48 Å². The first-order valence-electron chi connectivity index (χ1n) is 4.07. The quantitative estimate of drug-likeness (QED) is 0.759. The summed E-state index contributed by atoms with van der Waals surface area (Å²) >= 11 is 6.15. The third-order valence-corrected chi connectivity index (χ3v) is 2.78. The second kappa shape index (κ2) is 5.31. The fraction of sp³-hybridized carbons (Fsp3) is 0.111. The second-order valence-electron chi connectivity index (χ2n) is 2.81. The van der Waals surface area contributed by atoms with Crippen LogP contribution in [0.4, 0.5) is 0 Å². The van der Waals surface area contributed by atoms with Crippen molar-refractivity contribution in [1.82, 2.24) is 5.48 Å². The number of benzene rings is 1. The van der Waals surface area contributed by atoms with Crippen LogP contribution in [-0.2, 0) is 9.63 Å². The first-order valence-corrected chi connectivity index (χ1v) is 5.66. The third kappa shape index (κ3) is 3.21. The van der Waals surface area contributed by atoms with Gasteiger partial charge in [-0.2, -0.15) is 5.48 Å². The van der Waals surface area contributed by atoms with Gasteiger partial charge < -0.3 is 9.94 Å². The van der Waals surface area contributed by atoms with E-state index in [1.54, 1.807) is 0 Å². The molecule has 7 heteroatoms. The molecule has 0 radical (unpaired) electrons. The lowest BCUT2D eigenvalue weighted by molar-refractivity contribution is -0.146. The number of hydrogen-bond donors (Lipinski definition) is 2. The topological polar surface area (TPSA) is 75.6 Å². The van der Waals surface area contributed by atoms with E-state index in [-0.39, 0.29) is 11.3 Å². The number of hydroxylamine groups is 1. The van der Waals surface area contributed by atoms with E-state index in [1.165, 1.54) is 19.1 Å². The van der Waals surface area contributed by atoms with E-state index >= 15 is 0 Å². The summed E-state index contributed by atoms with van der Waals surface area (Å²) in [5.41, 5.74) is 2.19. The Bertz CT molecular complexity index is 424. The first kappa shape index (κ1) is 13.0. The standard InChI is InChI=1S/C9H7Br2NO4/c1-4(13)16-12-9(15)5-2-6(10)8(14)7(11)3-5/h2-3,14H,1H3,(H,12,15). The highest BCUT2D eigenvalue weighted by Crippen LogP contribution is 2.33. The van der Waals surface area contributed by atoms with Crippen molar-refractivity contribution >= 4 is 43.7 Å². The van der Waals surface area contributed by atoms with Crippen molar-refractivity contribution < 1.29 is 19.5 Å².